The van der Waals surface area contributed by atoms with Crippen LogP contribution in [0.1, 0.15) is 59.9 Å². The van der Waals surface area contributed by atoms with E-state index in [0.717, 1.165) is 21.8 Å². The molecule has 0 aliphatic carbocycles. The molecule has 4 rings (SSSR count). The lowest BCUT2D eigenvalue weighted by Gasteiger charge is -2.25. The summed E-state index contributed by atoms with van der Waals surface area (Å²) in [5, 5.41) is 13.3. The maximum absolute atomic E-state index is 13.4. The molecule has 0 radical (unpaired) electrons. The lowest BCUT2D eigenvalue weighted by Crippen LogP contribution is -2.29. The zero-order valence-electron chi connectivity index (χ0n) is 20.2. The van der Waals surface area contributed by atoms with Gasteiger partial charge in [-0.1, -0.05) is 26.0 Å². The Kier molecular flexibility index (Phi) is 7.08. The molecule has 1 atom stereocenters. The number of hydrogen-bond donors (Lipinski definition) is 1. The number of carbonyl (C=O) groups is 2. The van der Waals surface area contributed by atoms with Crippen LogP contribution in [0.2, 0.25) is 0 Å². The number of aryl methyl sites for hydroxylation is 1. The fourth-order valence-corrected chi connectivity index (χ4v) is 5.40. The quantitative estimate of drug-likeness (QED) is 0.237. The number of hydrogen-bond acceptors (Lipinski definition) is 5. The van der Waals surface area contributed by atoms with Crippen LogP contribution in [0.5, 0.6) is 5.75 Å². The SMILES string of the molecule is CCOc1ccc(/C(O)=C2/C(=O)C(=O)N(Cc3ccc(F)cc3)C2c2sccc2C)cc1C(C)C. The minimum absolute atomic E-state index is 0.0570. The van der Waals surface area contributed by atoms with Crippen LogP contribution in [-0.2, 0) is 16.1 Å². The summed E-state index contributed by atoms with van der Waals surface area (Å²) in [5.74, 6) is -1.17. The molecule has 1 aliphatic rings. The summed E-state index contributed by atoms with van der Waals surface area (Å²) < 4.78 is 19.2. The number of aliphatic hydroxyl groups is 1. The highest BCUT2D eigenvalue weighted by atomic mass is 32.1. The van der Waals surface area contributed by atoms with Crippen LogP contribution in [0, 0.1) is 12.7 Å². The van der Waals surface area contributed by atoms with E-state index in [1.54, 1.807) is 24.3 Å². The molecule has 1 N–H and O–H groups in total. The molecular formula is C28H28FNO4S. The summed E-state index contributed by atoms with van der Waals surface area (Å²) in [7, 11) is 0. The van der Waals surface area contributed by atoms with Gasteiger partial charge in [0.25, 0.3) is 11.7 Å². The van der Waals surface area contributed by atoms with Gasteiger partial charge >= 0.3 is 0 Å². The molecule has 1 aliphatic heterocycles. The van der Waals surface area contributed by atoms with E-state index < -0.39 is 17.7 Å². The van der Waals surface area contributed by atoms with E-state index in [1.165, 1.54) is 28.4 Å². The Morgan fingerprint density at radius 2 is 1.86 bits per heavy atom. The molecule has 1 amide bonds. The Morgan fingerprint density at radius 3 is 2.46 bits per heavy atom. The standard InChI is InChI=1S/C28H28FNO4S/c1-5-34-22-11-8-19(14-21(22)16(2)3)25(31)23-24(27-17(4)12-13-35-27)30(28(33)26(23)32)15-18-6-9-20(29)10-7-18/h6-14,16,24,31H,5,15H2,1-4H3/b25-23-. The number of Topliss-reactive ketones (excluding diaryl/α,β-unsaturated/α-hetero) is 1. The molecule has 182 valence electrons. The first-order valence-corrected chi connectivity index (χ1v) is 12.4. The topological polar surface area (TPSA) is 66.8 Å². The first-order valence-electron chi connectivity index (χ1n) is 11.6. The Bertz CT molecular complexity index is 1290. The van der Waals surface area contributed by atoms with E-state index in [1.807, 2.05) is 45.2 Å². The van der Waals surface area contributed by atoms with Crippen molar-refractivity contribution in [1.82, 2.24) is 4.90 Å². The van der Waals surface area contributed by atoms with Crippen LogP contribution in [-0.4, -0.2) is 28.3 Å². The Hall–Kier alpha value is -3.45. The van der Waals surface area contributed by atoms with Crippen molar-refractivity contribution >= 4 is 28.8 Å². The van der Waals surface area contributed by atoms with Crippen LogP contribution in [0.15, 0.2) is 59.5 Å². The van der Waals surface area contributed by atoms with E-state index in [9.17, 15) is 19.1 Å². The maximum Gasteiger partial charge on any atom is 0.295 e. The molecule has 1 saturated heterocycles. The molecule has 0 saturated carbocycles. The molecule has 2 aromatic carbocycles. The van der Waals surface area contributed by atoms with Gasteiger partial charge in [0, 0.05) is 17.0 Å². The lowest BCUT2D eigenvalue weighted by molar-refractivity contribution is -0.140. The van der Waals surface area contributed by atoms with Gasteiger partial charge in [0.2, 0.25) is 0 Å². The van der Waals surface area contributed by atoms with Crippen molar-refractivity contribution in [3.63, 3.8) is 0 Å². The number of carbonyl (C=O) groups excluding carboxylic acids is 2. The summed E-state index contributed by atoms with van der Waals surface area (Å²) in [6.07, 6.45) is 0. The predicted octanol–water partition coefficient (Wildman–Crippen LogP) is 6.34. The average molecular weight is 494 g/mol. The van der Waals surface area contributed by atoms with Gasteiger partial charge in [-0.2, -0.15) is 0 Å². The number of aliphatic hydroxyl groups excluding tert-OH is 1. The van der Waals surface area contributed by atoms with E-state index >= 15 is 0 Å². The number of ether oxygens (including phenoxy) is 1. The van der Waals surface area contributed by atoms with Crippen LogP contribution in [0.3, 0.4) is 0 Å². The molecule has 1 aromatic heterocycles. The van der Waals surface area contributed by atoms with Gasteiger partial charge in [-0.05, 0) is 78.2 Å². The summed E-state index contributed by atoms with van der Waals surface area (Å²) in [6.45, 7) is 8.50. The number of amides is 1. The Morgan fingerprint density at radius 1 is 1.14 bits per heavy atom. The number of thiophene rings is 1. The van der Waals surface area contributed by atoms with Gasteiger partial charge in [-0.25, -0.2) is 4.39 Å². The van der Waals surface area contributed by atoms with Crippen molar-refractivity contribution in [3.8, 4) is 5.75 Å². The third-order valence-corrected chi connectivity index (χ3v) is 7.23. The summed E-state index contributed by atoms with van der Waals surface area (Å²) >= 11 is 1.43. The van der Waals surface area contributed by atoms with Gasteiger partial charge in [-0.3, -0.25) is 9.59 Å². The summed E-state index contributed by atoms with van der Waals surface area (Å²) in [4.78, 5) is 28.8. The van der Waals surface area contributed by atoms with E-state index in [4.69, 9.17) is 4.74 Å². The second kappa shape index (κ2) is 10.0. The van der Waals surface area contributed by atoms with Crippen molar-refractivity contribution in [1.29, 1.82) is 0 Å². The fourth-order valence-electron chi connectivity index (χ4n) is 4.36. The summed E-state index contributed by atoms with van der Waals surface area (Å²) in [6, 6.07) is 12.3. The number of nitrogens with zero attached hydrogens (tertiary/aromatic N) is 1. The molecule has 1 unspecified atom stereocenters. The molecule has 35 heavy (non-hydrogen) atoms. The minimum Gasteiger partial charge on any atom is -0.507 e. The first kappa shape index (κ1) is 24.7. The molecule has 7 heteroatoms. The normalized spacial score (nSPS) is 17.4. The van der Waals surface area contributed by atoms with Crippen LogP contribution >= 0.6 is 11.3 Å². The molecule has 5 nitrogen and oxygen atoms in total. The van der Waals surface area contributed by atoms with Crippen LogP contribution in [0.4, 0.5) is 4.39 Å². The summed E-state index contributed by atoms with van der Waals surface area (Å²) in [5.41, 5.74) is 3.03. The Labute approximate surface area is 208 Å². The number of likely N-dealkylation sites (tertiary alicyclic amines) is 1. The number of benzene rings is 2. The van der Waals surface area contributed by atoms with Crippen molar-refractivity contribution < 1.29 is 23.8 Å². The second-order valence-corrected chi connectivity index (χ2v) is 9.81. The molecule has 1 fully saturated rings. The third kappa shape index (κ3) is 4.73. The van der Waals surface area contributed by atoms with E-state index in [-0.39, 0.29) is 29.6 Å². The number of rotatable bonds is 7. The minimum atomic E-state index is -0.742. The van der Waals surface area contributed by atoms with Gasteiger partial charge in [0.1, 0.15) is 23.4 Å². The van der Waals surface area contributed by atoms with Gasteiger partial charge in [-0.15, -0.1) is 11.3 Å². The zero-order chi connectivity index (χ0) is 25.3. The zero-order valence-corrected chi connectivity index (χ0v) is 21.0. The van der Waals surface area contributed by atoms with Crippen molar-refractivity contribution in [2.45, 2.75) is 46.2 Å². The highest BCUT2D eigenvalue weighted by Crippen LogP contribution is 2.43. The van der Waals surface area contributed by atoms with Crippen LogP contribution < -0.4 is 4.74 Å². The lowest BCUT2D eigenvalue weighted by atomic mass is 9.94. The molecule has 3 aromatic rings. The maximum atomic E-state index is 13.4. The molecule has 0 spiro atoms. The van der Waals surface area contributed by atoms with Crippen molar-refractivity contribution in [3.05, 3.63) is 92.4 Å². The van der Waals surface area contributed by atoms with Gasteiger partial charge in [0.15, 0.2) is 0 Å². The fraction of sp³-hybridized carbons (Fsp3) is 0.286. The number of halogens is 1. The monoisotopic (exact) mass is 493 g/mol. The van der Waals surface area contributed by atoms with E-state index in [2.05, 4.69) is 0 Å². The first-order chi connectivity index (χ1) is 16.7. The smallest absolute Gasteiger partial charge is 0.295 e. The van der Waals surface area contributed by atoms with Crippen molar-refractivity contribution in [2.75, 3.05) is 6.61 Å². The second-order valence-electron chi connectivity index (χ2n) is 8.86. The van der Waals surface area contributed by atoms with E-state index in [0.29, 0.717) is 17.7 Å². The number of ketones is 1. The predicted molar refractivity (Wildman–Crippen MR) is 135 cm³/mol. The largest absolute Gasteiger partial charge is 0.507 e. The van der Waals surface area contributed by atoms with Gasteiger partial charge in [0.05, 0.1) is 12.2 Å². The Balaban J connectivity index is 1.85. The average Bonchev–Trinajstić information content (AvgIpc) is 3.36. The highest BCUT2D eigenvalue weighted by Gasteiger charge is 2.47. The van der Waals surface area contributed by atoms with Crippen LogP contribution in [0.25, 0.3) is 5.76 Å². The third-order valence-electron chi connectivity index (χ3n) is 6.16. The van der Waals surface area contributed by atoms with Crippen molar-refractivity contribution in [2.24, 2.45) is 0 Å². The molecule has 0 bridgehead atoms. The van der Waals surface area contributed by atoms with Gasteiger partial charge < -0.3 is 14.7 Å². The molecule has 2 heterocycles. The highest BCUT2D eigenvalue weighted by molar-refractivity contribution is 7.10. The molecular weight excluding hydrogens is 465 g/mol.